The van der Waals surface area contributed by atoms with Gasteiger partial charge in [0.25, 0.3) is 0 Å². The highest BCUT2D eigenvalue weighted by molar-refractivity contribution is 5.73. The van der Waals surface area contributed by atoms with Crippen molar-refractivity contribution in [2.24, 2.45) is 5.73 Å². The molecule has 0 aliphatic rings. The van der Waals surface area contributed by atoms with Crippen LogP contribution in [0.1, 0.15) is 17.3 Å². The molecule has 0 fully saturated rings. The lowest BCUT2D eigenvalue weighted by molar-refractivity contribution is 0.591. The summed E-state index contributed by atoms with van der Waals surface area (Å²) in [6.45, 7) is 0. The van der Waals surface area contributed by atoms with E-state index in [1.807, 2.05) is 24.3 Å². The van der Waals surface area contributed by atoms with Crippen LogP contribution in [0.25, 0.3) is 11.0 Å². The van der Waals surface area contributed by atoms with Gasteiger partial charge in [0.05, 0.1) is 35.2 Å². The molecule has 0 aliphatic heterocycles. The van der Waals surface area contributed by atoms with Crippen molar-refractivity contribution in [3.63, 3.8) is 0 Å². The molecule has 0 aliphatic carbocycles. The van der Waals surface area contributed by atoms with E-state index in [4.69, 9.17) is 5.73 Å². The fraction of sp³-hybridized carbons (Fsp3) is 0.0714. The summed E-state index contributed by atoms with van der Waals surface area (Å²) in [6, 6.07) is 8.38. The number of nitrogens with two attached hydrogens (primary N) is 1. The van der Waals surface area contributed by atoms with E-state index in [-0.39, 0.29) is 0 Å². The summed E-state index contributed by atoms with van der Waals surface area (Å²) in [4.78, 5) is 12.4. The minimum absolute atomic E-state index is 0.361. The van der Waals surface area contributed by atoms with Gasteiger partial charge in [-0.1, -0.05) is 12.1 Å². The lowest BCUT2D eigenvalue weighted by Gasteiger charge is -2.12. The molecule has 1 unspecified atom stereocenters. The van der Waals surface area contributed by atoms with E-state index in [0.29, 0.717) is 11.3 Å². The van der Waals surface area contributed by atoms with Gasteiger partial charge in [-0.3, -0.25) is 9.97 Å². The Kier molecular flexibility index (Phi) is 2.89. The van der Waals surface area contributed by atoms with Crippen LogP contribution in [0.5, 0.6) is 0 Å². The van der Waals surface area contributed by atoms with E-state index in [2.05, 4.69) is 15.0 Å². The zero-order chi connectivity index (χ0) is 13.2. The van der Waals surface area contributed by atoms with Crippen LogP contribution in [-0.4, -0.2) is 15.0 Å². The lowest BCUT2D eigenvalue weighted by Crippen LogP contribution is -2.15. The summed E-state index contributed by atoms with van der Waals surface area (Å²) >= 11 is 0. The number of hydrogen-bond donors (Lipinski definition) is 1. The zero-order valence-electron chi connectivity index (χ0n) is 9.99. The lowest BCUT2D eigenvalue weighted by atomic mass is 10.1. The molecule has 0 saturated carbocycles. The number of para-hydroxylation sites is 2. The van der Waals surface area contributed by atoms with E-state index < -0.39 is 11.9 Å². The Morgan fingerprint density at radius 2 is 1.84 bits per heavy atom. The van der Waals surface area contributed by atoms with Gasteiger partial charge >= 0.3 is 0 Å². The van der Waals surface area contributed by atoms with Crippen LogP contribution >= 0.6 is 0 Å². The van der Waals surface area contributed by atoms with Gasteiger partial charge in [0, 0.05) is 11.8 Å². The molecular formula is C14H11FN4. The van der Waals surface area contributed by atoms with Gasteiger partial charge in [-0.25, -0.2) is 9.37 Å². The largest absolute Gasteiger partial charge is 0.319 e. The zero-order valence-corrected chi connectivity index (χ0v) is 9.99. The SMILES string of the molecule is NC(c1cnc2ccccc2n1)c1ccncc1F. The Balaban J connectivity index is 2.07. The van der Waals surface area contributed by atoms with Gasteiger partial charge < -0.3 is 5.73 Å². The number of benzene rings is 1. The molecule has 1 aromatic carbocycles. The van der Waals surface area contributed by atoms with Gasteiger partial charge in [-0.15, -0.1) is 0 Å². The molecule has 5 heteroatoms. The standard InChI is InChI=1S/C14H11FN4/c15-10-7-17-6-5-9(10)14(16)13-8-18-11-3-1-2-4-12(11)19-13/h1-8,14H,16H2. The second-order valence-electron chi connectivity index (χ2n) is 4.16. The Hall–Kier alpha value is -2.40. The first kappa shape index (κ1) is 11.7. The molecule has 3 rings (SSSR count). The summed E-state index contributed by atoms with van der Waals surface area (Å²) in [7, 11) is 0. The Bertz CT molecular complexity index is 729. The number of rotatable bonds is 2. The first-order chi connectivity index (χ1) is 9.25. The van der Waals surface area contributed by atoms with Gasteiger partial charge in [0.2, 0.25) is 0 Å². The molecule has 2 heterocycles. The van der Waals surface area contributed by atoms with Crippen LogP contribution in [0, 0.1) is 5.82 Å². The molecule has 3 aromatic rings. The van der Waals surface area contributed by atoms with Crippen LogP contribution in [-0.2, 0) is 0 Å². The molecule has 19 heavy (non-hydrogen) atoms. The predicted octanol–water partition coefficient (Wildman–Crippen LogP) is 2.21. The molecule has 2 aromatic heterocycles. The molecule has 94 valence electrons. The van der Waals surface area contributed by atoms with Crippen molar-refractivity contribution in [3.8, 4) is 0 Å². The van der Waals surface area contributed by atoms with E-state index >= 15 is 0 Å². The van der Waals surface area contributed by atoms with Crippen molar-refractivity contribution in [3.05, 3.63) is 66.0 Å². The molecule has 4 nitrogen and oxygen atoms in total. The summed E-state index contributed by atoms with van der Waals surface area (Å²) in [5, 5.41) is 0. The molecule has 1 atom stereocenters. The third-order valence-electron chi connectivity index (χ3n) is 2.92. The van der Waals surface area contributed by atoms with Crippen LogP contribution in [0.2, 0.25) is 0 Å². The number of nitrogens with zero attached hydrogens (tertiary/aromatic N) is 3. The number of hydrogen-bond acceptors (Lipinski definition) is 4. The monoisotopic (exact) mass is 254 g/mol. The van der Waals surface area contributed by atoms with Crippen LogP contribution < -0.4 is 5.73 Å². The van der Waals surface area contributed by atoms with Crippen molar-refractivity contribution in [2.45, 2.75) is 6.04 Å². The molecule has 0 saturated heterocycles. The molecular weight excluding hydrogens is 243 g/mol. The topological polar surface area (TPSA) is 64.7 Å². The van der Waals surface area contributed by atoms with Gasteiger partial charge in [0.15, 0.2) is 0 Å². The van der Waals surface area contributed by atoms with Crippen molar-refractivity contribution >= 4 is 11.0 Å². The van der Waals surface area contributed by atoms with Gasteiger partial charge in [0.1, 0.15) is 5.82 Å². The fourth-order valence-electron chi connectivity index (χ4n) is 1.92. The van der Waals surface area contributed by atoms with Crippen molar-refractivity contribution < 1.29 is 4.39 Å². The fourth-order valence-corrected chi connectivity index (χ4v) is 1.92. The smallest absolute Gasteiger partial charge is 0.146 e. The highest BCUT2D eigenvalue weighted by Crippen LogP contribution is 2.20. The second kappa shape index (κ2) is 4.70. The summed E-state index contributed by atoms with van der Waals surface area (Å²) in [5.74, 6) is -0.440. The van der Waals surface area contributed by atoms with Gasteiger partial charge in [-0.05, 0) is 18.2 Å². The molecule has 0 spiro atoms. The Morgan fingerprint density at radius 3 is 2.63 bits per heavy atom. The first-order valence-electron chi connectivity index (χ1n) is 5.82. The minimum Gasteiger partial charge on any atom is -0.319 e. The maximum atomic E-state index is 13.6. The minimum atomic E-state index is -0.653. The van der Waals surface area contributed by atoms with E-state index in [1.54, 1.807) is 12.3 Å². The van der Waals surface area contributed by atoms with Crippen LogP contribution in [0.4, 0.5) is 4.39 Å². The summed E-state index contributed by atoms with van der Waals surface area (Å²) < 4.78 is 13.6. The van der Waals surface area contributed by atoms with E-state index in [0.717, 1.165) is 17.2 Å². The third kappa shape index (κ3) is 2.15. The quantitative estimate of drug-likeness (QED) is 0.761. The maximum absolute atomic E-state index is 13.6. The molecule has 0 amide bonds. The molecule has 0 bridgehead atoms. The second-order valence-corrected chi connectivity index (χ2v) is 4.16. The van der Waals surface area contributed by atoms with E-state index in [1.165, 1.54) is 6.20 Å². The normalized spacial score (nSPS) is 12.5. The number of pyridine rings is 1. The Morgan fingerprint density at radius 1 is 1.05 bits per heavy atom. The number of halogens is 1. The number of aromatic nitrogens is 3. The maximum Gasteiger partial charge on any atom is 0.146 e. The average molecular weight is 254 g/mol. The number of fused-ring (bicyclic) bond motifs is 1. The summed E-state index contributed by atoms with van der Waals surface area (Å²) in [5.41, 5.74) is 8.46. The van der Waals surface area contributed by atoms with Crippen molar-refractivity contribution in [1.82, 2.24) is 15.0 Å². The van der Waals surface area contributed by atoms with Crippen molar-refractivity contribution in [1.29, 1.82) is 0 Å². The Labute approximate surface area is 109 Å². The molecule has 2 N–H and O–H groups in total. The average Bonchev–Trinajstić information content (AvgIpc) is 2.46. The van der Waals surface area contributed by atoms with Crippen LogP contribution in [0.15, 0.2) is 48.9 Å². The van der Waals surface area contributed by atoms with Crippen LogP contribution in [0.3, 0.4) is 0 Å². The third-order valence-corrected chi connectivity index (χ3v) is 2.92. The van der Waals surface area contributed by atoms with Crippen molar-refractivity contribution in [2.75, 3.05) is 0 Å². The van der Waals surface area contributed by atoms with Gasteiger partial charge in [-0.2, -0.15) is 0 Å². The predicted molar refractivity (Wildman–Crippen MR) is 69.8 cm³/mol. The highest BCUT2D eigenvalue weighted by Gasteiger charge is 2.15. The highest BCUT2D eigenvalue weighted by atomic mass is 19.1. The molecule has 0 radical (unpaired) electrons. The van der Waals surface area contributed by atoms with E-state index in [9.17, 15) is 4.39 Å². The first-order valence-corrected chi connectivity index (χ1v) is 5.82. The summed E-state index contributed by atoms with van der Waals surface area (Å²) in [6.07, 6.45) is 4.23.